The molecule has 1 rings (SSSR count). The standard InChI is InChI=1S/C16H21O2/c1-6-12(4)15-8-14(7-11(2)3)9-16(10-15)18-13(5)17/h6,8-11H,1,7H2,2-5H3. The van der Waals surface area contributed by atoms with E-state index in [4.69, 9.17) is 4.74 Å². The zero-order valence-corrected chi connectivity index (χ0v) is 11.6. The molecule has 97 valence electrons. The summed E-state index contributed by atoms with van der Waals surface area (Å²) in [7, 11) is 0. The molecule has 0 saturated carbocycles. The highest BCUT2D eigenvalue weighted by Crippen LogP contribution is 2.25. The second-order valence-electron chi connectivity index (χ2n) is 4.94. The first-order chi connectivity index (χ1) is 8.42. The fourth-order valence-electron chi connectivity index (χ4n) is 1.82. The summed E-state index contributed by atoms with van der Waals surface area (Å²) in [4.78, 5) is 11.0. The van der Waals surface area contributed by atoms with E-state index in [2.05, 4.69) is 26.5 Å². The van der Waals surface area contributed by atoms with Crippen molar-refractivity contribution in [3.05, 3.63) is 47.9 Å². The average Bonchev–Trinajstić information content (AvgIpc) is 2.25. The summed E-state index contributed by atoms with van der Waals surface area (Å²) in [6.45, 7) is 11.5. The molecule has 1 radical (unpaired) electrons. The van der Waals surface area contributed by atoms with Crippen LogP contribution in [0.3, 0.4) is 0 Å². The van der Waals surface area contributed by atoms with Gasteiger partial charge in [0.25, 0.3) is 0 Å². The van der Waals surface area contributed by atoms with Gasteiger partial charge in [0, 0.05) is 12.8 Å². The molecule has 1 aromatic rings. The van der Waals surface area contributed by atoms with E-state index >= 15 is 0 Å². The molecule has 2 heteroatoms. The zero-order chi connectivity index (χ0) is 13.7. The van der Waals surface area contributed by atoms with Gasteiger partial charge in [-0.1, -0.05) is 32.9 Å². The molecule has 0 N–H and O–H groups in total. The van der Waals surface area contributed by atoms with Crippen molar-refractivity contribution in [2.45, 2.75) is 34.1 Å². The summed E-state index contributed by atoms with van der Waals surface area (Å²) in [5.74, 6) is 1.96. The summed E-state index contributed by atoms with van der Waals surface area (Å²) in [6, 6.07) is 5.94. The van der Waals surface area contributed by atoms with Crippen molar-refractivity contribution in [2.75, 3.05) is 0 Å². The summed E-state index contributed by atoms with van der Waals surface area (Å²) < 4.78 is 5.19. The maximum absolute atomic E-state index is 11.0. The number of benzene rings is 1. The van der Waals surface area contributed by atoms with Gasteiger partial charge in [-0.2, -0.15) is 0 Å². The maximum atomic E-state index is 11.0. The Bertz CT molecular complexity index is 433. The van der Waals surface area contributed by atoms with E-state index in [1.165, 1.54) is 12.5 Å². The van der Waals surface area contributed by atoms with Crippen LogP contribution < -0.4 is 4.74 Å². The molecule has 0 saturated heterocycles. The van der Waals surface area contributed by atoms with Crippen LogP contribution in [-0.2, 0) is 11.2 Å². The third kappa shape index (κ3) is 4.36. The summed E-state index contributed by atoms with van der Waals surface area (Å²) >= 11 is 0. The van der Waals surface area contributed by atoms with Crippen molar-refractivity contribution in [3.8, 4) is 5.75 Å². The van der Waals surface area contributed by atoms with Gasteiger partial charge in [0.05, 0.1) is 0 Å². The number of carbonyl (C=O) groups excluding carboxylic acids is 1. The smallest absolute Gasteiger partial charge is 0.308 e. The first-order valence-corrected chi connectivity index (χ1v) is 6.21. The number of carbonyl (C=O) groups is 1. The lowest BCUT2D eigenvalue weighted by Gasteiger charge is -2.13. The molecular formula is C16H21O2. The van der Waals surface area contributed by atoms with E-state index in [-0.39, 0.29) is 5.97 Å². The molecule has 0 aliphatic carbocycles. The highest BCUT2D eigenvalue weighted by Gasteiger charge is 2.09. The Labute approximate surface area is 110 Å². The monoisotopic (exact) mass is 245 g/mol. The number of allylic oxidation sites excluding steroid dienone is 1. The van der Waals surface area contributed by atoms with Crippen LogP contribution in [0.2, 0.25) is 0 Å². The molecule has 0 aliphatic heterocycles. The lowest BCUT2D eigenvalue weighted by atomic mass is 9.95. The van der Waals surface area contributed by atoms with Crippen LogP contribution >= 0.6 is 0 Å². The number of ether oxygens (including phenoxy) is 1. The first kappa shape index (κ1) is 14.5. The molecule has 0 amide bonds. The second kappa shape index (κ2) is 6.39. The Morgan fingerprint density at radius 1 is 1.33 bits per heavy atom. The van der Waals surface area contributed by atoms with E-state index in [1.54, 1.807) is 0 Å². The van der Waals surface area contributed by atoms with E-state index in [0.717, 1.165) is 17.9 Å². The van der Waals surface area contributed by atoms with Crippen LogP contribution in [0.5, 0.6) is 5.75 Å². The van der Waals surface area contributed by atoms with Crippen molar-refractivity contribution in [2.24, 2.45) is 5.92 Å². The molecule has 0 atom stereocenters. The molecule has 0 aromatic heterocycles. The molecule has 18 heavy (non-hydrogen) atoms. The van der Waals surface area contributed by atoms with Crippen LogP contribution in [0, 0.1) is 11.8 Å². The predicted molar refractivity (Wildman–Crippen MR) is 74.5 cm³/mol. The highest BCUT2D eigenvalue weighted by atomic mass is 16.5. The minimum absolute atomic E-state index is 0.293. The predicted octanol–water partition coefficient (Wildman–Crippen LogP) is 3.94. The minimum atomic E-state index is -0.293. The van der Waals surface area contributed by atoms with Crippen molar-refractivity contribution in [3.63, 3.8) is 0 Å². The maximum Gasteiger partial charge on any atom is 0.308 e. The van der Waals surface area contributed by atoms with Gasteiger partial charge in [0.15, 0.2) is 0 Å². The number of esters is 1. The lowest BCUT2D eigenvalue weighted by Crippen LogP contribution is -2.04. The molecule has 0 spiro atoms. The fraction of sp³-hybridized carbons (Fsp3) is 0.375. The van der Waals surface area contributed by atoms with Crippen LogP contribution in [0.15, 0.2) is 30.9 Å². The fourth-order valence-corrected chi connectivity index (χ4v) is 1.82. The zero-order valence-electron chi connectivity index (χ0n) is 11.6. The van der Waals surface area contributed by atoms with E-state index in [0.29, 0.717) is 11.7 Å². The molecule has 0 fully saturated rings. The van der Waals surface area contributed by atoms with Gasteiger partial charge in [0.2, 0.25) is 0 Å². The number of hydrogen-bond donors (Lipinski definition) is 0. The summed E-state index contributed by atoms with van der Waals surface area (Å²) in [5, 5.41) is 0. The SMILES string of the molecule is C=C[C](C)c1cc(CC(C)C)cc(OC(C)=O)c1. The Hall–Kier alpha value is -1.57. The Morgan fingerprint density at radius 2 is 2.00 bits per heavy atom. The van der Waals surface area contributed by atoms with Gasteiger partial charge in [-0.15, -0.1) is 6.58 Å². The molecule has 0 aliphatic rings. The van der Waals surface area contributed by atoms with Gasteiger partial charge in [0.1, 0.15) is 5.75 Å². The van der Waals surface area contributed by atoms with E-state index in [1.807, 2.05) is 25.1 Å². The van der Waals surface area contributed by atoms with Crippen molar-refractivity contribution < 1.29 is 9.53 Å². The Kier molecular flexibility index (Phi) is 5.14. The second-order valence-corrected chi connectivity index (χ2v) is 4.94. The van der Waals surface area contributed by atoms with Gasteiger partial charge in [-0.05, 0) is 35.6 Å². The van der Waals surface area contributed by atoms with Crippen LogP contribution in [0.1, 0.15) is 38.8 Å². The molecule has 0 unspecified atom stereocenters. The van der Waals surface area contributed by atoms with Crippen molar-refractivity contribution in [1.29, 1.82) is 0 Å². The average molecular weight is 245 g/mol. The van der Waals surface area contributed by atoms with E-state index < -0.39 is 0 Å². The third-order valence-corrected chi connectivity index (χ3v) is 2.63. The van der Waals surface area contributed by atoms with Crippen molar-refractivity contribution in [1.82, 2.24) is 0 Å². The number of rotatable bonds is 5. The lowest BCUT2D eigenvalue weighted by molar-refractivity contribution is -0.131. The molecular weight excluding hydrogens is 224 g/mol. The molecule has 1 aromatic carbocycles. The van der Waals surface area contributed by atoms with Gasteiger partial charge in [-0.3, -0.25) is 4.79 Å². The highest BCUT2D eigenvalue weighted by molar-refractivity contribution is 5.69. The van der Waals surface area contributed by atoms with Crippen LogP contribution in [-0.4, -0.2) is 5.97 Å². The van der Waals surface area contributed by atoms with Crippen molar-refractivity contribution >= 4 is 5.97 Å². The van der Waals surface area contributed by atoms with Gasteiger partial charge < -0.3 is 4.74 Å². The van der Waals surface area contributed by atoms with Gasteiger partial charge in [-0.25, -0.2) is 0 Å². The number of hydrogen-bond acceptors (Lipinski definition) is 2. The molecule has 0 bridgehead atoms. The first-order valence-electron chi connectivity index (χ1n) is 6.21. The topological polar surface area (TPSA) is 26.3 Å². The Morgan fingerprint density at radius 3 is 2.50 bits per heavy atom. The van der Waals surface area contributed by atoms with Crippen LogP contribution in [0.4, 0.5) is 0 Å². The minimum Gasteiger partial charge on any atom is -0.427 e. The Balaban J connectivity index is 3.10. The third-order valence-electron chi connectivity index (χ3n) is 2.63. The quantitative estimate of drug-likeness (QED) is 0.580. The summed E-state index contributed by atoms with van der Waals surface area (Å²) in [6.07, 6.45) is 2.78. The molecule has 0 heterocycles. The van der Waals surface area contributed by atoms with Crippen LogP contribution in [0.25, 0.3) is 0 Å². The van der Waals surface area contributed by atoms with Gasteiger partial charge >= 0.3 is 5.97 Å². The largest absolute Gasteiger partial charge is 0.427 e. The van der Waals surface area contributed by atoms with E-state index in [9.17, 15) is 4.79 Å². The normalized spacial score (nSPS) is 10.8. The summed E-state index contributed by atoms with van der Waals surface area (Å²) in [5.41, 5.74) is 2.24. The molecule has 2 nitrogen and oxygen atoms in total.